The maximum absolute atomic E-state index is 12.6. The van der Waals surface area contributed by atoms with Crippen molar-refractivity contribution in [3.05, 3.63) is 0 Å². The quantitative estimate of drug-likeness (QED) is 0.361. The predicted octanol–water partition coefficient (Wildman–Crippen LogP) is 3.93. The van der Waals surface area contributed by atoms with E-state index in [0.717, 1.165) is 58.2 Å². The highest BCUT2D eigenvalue weighted by Gasteiger charge is 2.84. The fourth-order valence-corrected chi connectivity index (χ4v) is 15.2. The Bertz CT molecular complexity index is 1420. The summed E-state index contributed by atoms with van der Waals surface area (Å²) in [4.78, 5) is 2.49. The van der Waals surface area contributed by atoms with Crippen LogP contribution < -0.4 is 4.72 Å². The van der Waals surface area contributed by atoms with E-state index in [2.05, 4.69) is 44.2 Å². The Morgan fingerprint density at radius 1 is 1.02 bits per heavy atom. The Labute approximate surface area is 294 Å². The van der Waals surface area contributed by atoms with Crippen LogP contribution in [0.3, 0.4) is 0 Å². The van der Waals surface area contributed by atoms with Crippen LogP contribution in [-0.4, -0.2) is 111 Å². The molecule has 280 valence electrons. The van der Waals surface area contributed by atoms with Gasteiger partial charge in [-0.05, 0) is 111 Å². The van der Waals surface area contributed by atoms with E-state index in [0.29, 0.717) is 36.3 Å². The van der Waals surface area contributed by atoms with Gasteiger partial charge in [0.1, 0.15) is 0 Å². The number of sulfonamides is 1. The topological polar surface area (TPSA) is 127 Å². The standard InChI is InChI=1S/C38H64N2O8S/c1-22-17-24(31(34(4,5)42)39-49(8,43)44)47-30-29(22)35(6)13-14-38-21-37(38)12-11-27(48-28-18-40(15-16-46-28)23-19-45-20-23)33(2,3)25(37)9-10-26(38)36(35,7)32(30)41/h22-32,39,41-42H,9-21H2,1-8H3/t22-,24?,25?,26?,27?,28?,29+,30?,31?,32+,35?,36-,37?,38?/m1/s1. The Morgan fingerprint density at radius 2 is 1.71 bits per heavy atom. The average molecular weight is 709 g/mol. The Hall–Kier alpha value is -0.370. The second-order valence-corrected chi connectivity index (χ2v) is 21.5. The predicted molar refractivity (Wildman–Crippen MR) is 185 cm³/mol. The highest BCUT2D eigenvalue weighted by atomic mass is 32.2. The lowest BCUT2D eigenvalue weighted by molar-refractivity contribution is -0.256. The monoisotopic (exact) mass is 708 g/mol. The molecule has 8 fully saturated rings. The number of hydrogen-bond donors (Lipinski definition) is 3. The third kappa shape index (κ3) is 5.01. The summed E-state index contributed by atoms with van der Waals surface area (Å²) in [6.07, 6.45) is 8.25. The van der Waals surface area contributed by atoms with Crippen LogP contribution in [0.15, 0.2) is 0 Å². The second kappa shape index (κ2) is 11.3. The number of ether oxygens (including phenoxy) is 4. The van der Waals surface area contributed by atoms with Gasteiger partial charge >= 0.3 is 0 Å². The molecule has 0 aromatic carbocycles. The molecule has 3 N–H and O–H groups in total. The molecule has 5 aliphatic carbocycles. The molecular formula is C38H64N2O8S. The summed E-state index contributed by atoms with van der Waals surface area (Å²) >= 11 is 0. The molecule has 0 radical (unpaired) electrons. The fraction of sp³-hybridized carbons (Fsp3) is 1.00. The molecule has 8 aliphatic rings. The van der Waals surface area contributed by atoms with Gasteiger partial charge in [0.25, 0.3) is 0 Å². The molecule has 10 nitrogen and oxygen atoms in total. The summed E-state index contributed by atoms with van der Waals surface area (Å²) in [5, 5.41) is 23.7. The first-order valence-electron chi connectivity index (χ1n) is 19.4. The number of aliphatic hydroxyl groups is 2. The molecule has 10 unspecified atom stereocenters. The smallest absolute Gasteiger partial charge is 0.209 e. The van der Waals surface area contributed by atoms with Gasteiger partial charge in [0.2, 0.25) is 10.0 Å². The van der Waals surface area contributed by atoms with Crippen molar-refractivity contribution < 1.29 is 37.6 Å². The second-order valence-electron chi connectivity index (χ2n) is 19.7. The minimum Gasteiger partial charge on any atom is -0.390 e. The first-order chi connectivity index (χ1) is 22.8. The molecular weight excluding hydrogens is 644 g/mol. The summed E-state index contributed by atoms with van der Waals surface area (Å²) in [6, 6.07) is -0.303. The Morgan fingerprint density at radius 3 is 2.37 bits per heavy atom. The van der Waals surface area contributed by atoms with Gasteiger partial charge in [0.15, 0.2) is 6.29 Å². The zero-order valence-corrected chi connectivity index (χ0v) is 32.1. The summed E-state index contributed by atoms with van der Waals surface area (Å²) in [5.41, 5.74) is -1.16. The van der Waals surface area contributed by atoms with Gasteiger partial charge in [-0.25, -0.2) is 13.1 Å². The summed E-state index contributed by atoms with van der Waals surface area (Å²) in [6.45, 7) is 19.4. The van der Waals surface area contributed by atoms with Gasteiger partial charge in [-0.15, -0.1) is 0 Å². The van der Waals surface area contributed by atoms with Crippen molar-refractivity contribution in [3.63, 3.8) is 0 Å². The maximum Gasteiger partial charge on any atom is 0.209 e. The van der Waals surface area contributed by atoms with Gasteiger partial charge in [-0.3, -0.25) is 4.90 Å². The molecule has 0 aromatic heterocycles. The van der Waals surface area contributed by atoms with Crippen LogP contribution in [0, 0.1) is 50.7 Å². The van der Waals surface area contributed by atoms with Gasteiger partial charge < -0.3 is 29.2 Å². The minimum absolute atomic E-state index is 0.0332. The Kier molecular flexibility index (Phi) is 8.24. The molecule has 8 rings (SSSR count). The molecule has 2 spiro atoms. The highest BCUT2D eigenvalue weighted by Crippen LogP contribution is 2.89. The van der Waals surface area contributed by atoms with E-state index >= 15 is 0 Å². The summed E-state index contributed by atoms with van der Waals surface area (Å²) in [5.74, 6) is 1.39. The van der Waals surface area contributed by atoms with Crippen molar-refractivity contribution in [3.8, 4) is 0 Å². The van der Waals surface area contributed by atoms with E-state index in [1.54, 1.807) is 13.8 Å². The number of rotatable bonds is 7. The largest absolute Gasteiger partial charge is 0.390 e. The van der Waals surface area contributed by atoms with Crippen LogP contribution in [0.1, 0.15) is 99.8 Å². The van der Waals surface area contributed by atoms with E-state index in [1.165, 1.54) is 19.3 Å². The number of morpholine rings is 1. The number of aliphatic hydroxyl groups excluding tert-OH is 1. The molecule has 0 bridgehead atoms. The van der Waals surface area contributed by atoms with E-state index in [4.69, 9.17) is 18.9 Å². The van der Waals surface area contributed by atoms with Crippen LogP contribution in [0.5, 0.6) is 0 Å². The van der Waals surface area contributed by atoms with Crippen molar-refractivity contribution in [2.45, 2.75) is 148 Å². The maximum atomic E-state index is 12.6. The number of hydrogen-bond acceptors (Lipinski definition) is 9. The van der Waals surface area contributed by atoms with Crippen molar-refractivity contribution >= 4 is 10.0 Å². The molecule has 3 heterocycles. The molecule has 3 aliphatic heterocycles. The van der Waals surface area contributed by atoms with E-state index in [-0.39, 0.29) is 52.0 Å². The van der Waals surface area contributed by atoms with Crippen molar-refractivity contribution in [2.24, 2.45) is 50.7 Å². The van der Waals surface area contributed by atoms with E-state index in [1.807, 2.05) is 0 Å². The van der Waals surface area contributed by atoms with Crippen molar-refractivity contribution in [1.29, 1.82) is 0 Å². The number of nitrogens with zero attached hydrogens (tertiary/aromatic N) is 1. The average Bonchev–Trinajstić information content (AvgIpc) is 3.60. The first kappa shape index (κ1) is 35.6. The molecule has 3 saturated heterocycles. The molecule has 0 aromatic rings. The Balaban J connectivity index is 1.03. The number of nitrogens with one attached hydrogen (secondary N) is 1. The van der Waals surface area contributed by atoms with Crippen molar-refractivity contribution in [1.82, 2.24) is 9.62 Å². The van der Waals surface area contributed by atoms with Crippen LogP contribution in [-0.2, 0) is 29.0 Å². The third-order valence-corrected chi connectivity index (χ3v) is 17.4. The lowest BCUT2D eigenvalue weighted by Crippen LogP contribution is -2.61. The minimum atomic E-state index is -3.59. The van der Waals surface area contributed by atoms with Crippen LogP contribution >= 0.6 is 0 Å². The first-order valence-corrected chi connectivity index (χ1v) is 21.3. The fourth-order valence-electron chi connectivity index (χ4n) is 14.3. The molecule has 49 heavy (non-hydrogen) atoms. The summed E-state index contributed by atoms with van der Waals surface area (Å²) in [7, 11) is -3.59. The molecule has 11 heteroatoms. The SMILES string of the molecule is C[C@@H]1CC(C(NS(C)(=O)=O)C(C)(C)O)OC2[C@H]1C1(C)CCC34CC35CCC(OC3CN(C6COC6)CCO3)C(C)(C)C5CCC4[C@]1(C)[C@H]2O. The molecule has 14 atom stereocenters. The van der Waals surface area contributed by atoms with Crippen LogP contribution in [0.2, 0.25) is 0 Å². The third-order valence-electron chi connectivity index (χ3n) is 16.8. The van der Waals surface area contributed by atoms with Crippen molar-refractivity contribution in [2.75, 3.05) is 39.2 Å². The molecule has 5 saturated carbocycles. The zero-order chi connectivity index (χ0) is 35.2. The van der Waals surface area contributed by atoms with Crippen LogP contribution in [0.25, 0.3) is 0 Å². The van der Waals surface area contributed by atoms with Gasteiger partial charge in [-0.2, -0.15) is 0 Å². The number of fused-ring (bicyclic) bond motifs is 4. The zero-order valence-electron chi connectivity index (χ0n) is 31.2. The van der Waals surface area contributed by atoms with E-state index in [9.17, 15) is 18.6 Å². The highest BCUT2D eigenvalue weighted by molar-refractivity contribution is 7.88. The van der Waals surface area contributed by atoms with Gasteiger partial charge in [0.05, 0.1) is 74.7 Å². The van der Waals surface area contributed by atoms with Crippen LogP contribution in [0.4, 0.5) is 0 Å². The normalized spacial score (nSPS) is 51.8. The van der Waals surface area contributed by atoms with Gasteiger partial charge in [0, 0.05) is 12.0 Å². The lowest BCUT2D eigenvalue weighted by Gasteiger charge is -2.64. The van der Waals surface area contributed by atoms with E-state index < -0.39 is 33.9 Å². The van der Waals surface area contributed by atoms with Gasteiger partial charge in [-0.1, -0.05) is 34.6 Å². The molecule has 0 amide bonds. The lowest BCUT2D eigenvalue weighted by atomic mass is 9.41. The summed E-state index contributed by atoms with van der Waals surface area (Å²) < 4.78 is 52.9.